The van der Waals surface area contributed by atoms with E-state index in [4.69, 9.17) is 5.11 Å². The molecule has 0 bridgehead atoms. The predicted octanol–water partition coefficient (Wildman–Crippen LogP) is 3.66. The van der Waals surface area contributed by atoms with E-state index in [9.17, 15) is 4.79 Å². The summed E-state index contributed by atoms with van der Waals surface area (Å²) in [4.78, 5) is 20.0. The lowest BCUT2D eigenvalue weighted by atomic mass is 10.1. The highest BCUT2D eigenvalue weighted by atomic mass is 16.4. The van der Waals surface area contributed by atoms with Crippen LogP contribution in [0.15, 0.2) is 24.3 Å². The Bertz CT molecular complexity index is 681. The van der Waals surface area contributed by atoms with Crippen LogP contribution >= 0.6 is 0 Å². The van der Waals surface area contributed by atoms with Crippen molar-refractivity contribution in [2.75, 3.05) is 5.32 Å². The second kappa shape index (κ2) is 5.91. The highest BCUT2D eigenvalue weighted by Crippen LogP contribution is 2.21. The van der Waals surface area contributed by atoms with E-state index in [0.717, 1.165) is 17.1 Å². The molecule has 5 nitrogen and oxygen atoms in total. The molecule has 110 valence electrons. The normalized spacial score (nSPS) is 10.7. The van der Waals surface area contributed by atoms with E-state index in [2.05, 4.69) is 15.3 Å². The van der Waals surface area contributed by atoms with Gasteiger partial charge in [0.15, 0.2) is 0 Å². The van der Waals surface area contributed by atoms with Crippen LogP contribution < -0.4 is 5.32 Å². The van der Waals surface area contributed by atoms with Gasteiger partial charge in [-0.1, -0.05) is 19.9 Å². The van der Waals surface area contributed by atoms with E-state index in [1.165, 1.54) is 0 Å². The third-order valence-corrected chi connectivity index (χ3v) is 3.13. The van der Waals surface area contributed by atoms with Gasteiger partial charge in [-0.15, -0.1) is 0 Å². The van der Waals surface area contributed by atoms with Crippen LogP contribution in [0.1, 0.15) is 47.2 Å². The lowest BCUT2D eigenvalue weighted by Crippen LogP contribution is -2.05. The largest absolute Gasteiger partial charge is 0.478 e. The molecule has 0 fully saturated rings. The second-order valence-electron chi connectivity index (χ2n) is 5.37. The SMILES string of the molecule is Cc1cc(Nc2ccc(C)c(C(=O)O)c2)nc(C(C)C)n1. The summed E-state index contributed by atoms with van der Waals surface area (Å²) in [5, 5.41) is 12.3. The summed E-state index contributed by atoms with van der Waals surface area (Å²) in [5.74, 6) is 0.741. The van der Waals surface area contributed by atoms with Crippen molar-refractivity contribution in [3.05, 3.63) is 46.9 Å². The lowest BCUT2D eigenvalue weighted by Gasteiger charge is -2.11. The Morgan fingerprint density at radius 1 is 1.19 bits per heavy atom. The smallest absolute Gasteiger partial charge is 0.336 e. The topological polar surface area (TPSA) is 75.1 Å². The molecule has 2 N–H and O–H groups in total. The molecule has 0 aliphatic carbocycles. The zero-order valence-corrected chi connectivity index (χ0v) is 12.6. The number of rotatable bonds is 4. The number of hydrogen-bond acceptors (Lipinski definition) is 4. The van der Waals surface area contributed by atoms with Gasteiger partial charge >= 0.3 is 5.97 Å². The van der Waals surface area contributed by atoms with Crippen LogP contribution in [-0.4, -0.2) is 21.0 Å². The first-order chi connectivity index (χ1) is 9.86. The number of benzene rings is 1. The first-order valence-corrected chi connectivity index (χ1v) is 6.83. The van der Waals surface area contributed by atoms with E-state index in [-0.39, 0.29) is 11.5 Å². The molecule has 0 saturated heterocycles. The molecule has 0 amide bonds. The van der Waals surface area contributed by atoms with Crippen LogP contribution in [0, 0.1) is 13.8 Å². The molecule has 0 atom stereocenters. The van der Waals surface area contributed by atoms with Crippen LogP contribution in [0.5, 0.6) is 0 Å². The van der Waals surface area contributed by atoms with Gasteiger partial charge < -0.3 is 10.4 Å². The average Bonchev–Trinajstić information content (AvgIpc) is 2.40. The molecule has 0 spiro atoms. The Labute approximate surface area is 124 Å². The van der Waals surface area contributed by atoms with Gasteiger partial charge in [0.2, 0.25) is 0 Å². The van der Waals surface area contributed by atoms with E-state index in [1.807, 2.05) is 32.9 Å². The zero-order valence-electron chi connectivity index (χ0n) is 12.6. The van der Waals surface area contributed by atoms with Gasteiger partial charge in [-0.25, -0.2) is 14.8 Å². The minimum absolute atomic E-state index is 0.234. The standard InChI is InChI=1S/C16H19N3O2/c1-9(2)15-17-11(4)7-14(19-15)18-12-6-5-10(3)13(8-12)16(20)21/h5-9H,1-4H3,(H,20,21)(H,17,18,19). The monoisotopic (exact) mass is 285 g/mol. The summed E-state index contributed by atoms with van der Waals surface area (Å²) >= 11 is 0. The van der Waals surface area contributed by atoms with Crippen molar-refractivity contribution in [2.45, 2.75) is 33.6 Å². The molecule has 0 aliphatic rings. The molecule has 21 heavy (non-hydrogen) atoms. The number of carboxylic acids is 1. The third-order valence-electron chi connectivity index (χ3n) is 3.13. The van der Waals surface area contributed by atoms with Gasteiger partial charge in [-0.05, 0) is 31.5 Å². The van der Waals surface area contributed by atoms with E-state index in [1.54, 1.807) is 19.1 Å². The predicted molar refractivity (Wildman–Crippen MR) is 82.3 cm³/mol. The number of carboxylic acid groups (broad SMARTS) is 1. The quantitative estimate of drug-likeness (QED) is 0.896. The van der Waals surface area contributed by atoms with Gasteiger partial charge in [0.05, 0.1) is 5.56 Å². The van der Waals surface area contributed by atoms with E-state index in [0.29, 0.717) is 11.5 Å². The lowest BCUT2D eigenvalue weighted by molar-refractivity contribution is 0.0696. The Morgan fingerprint density at radius 3 is 2.52 bits per heavy atom. The Balaban J connectivity index is 2.34. The van der Waals surface area contributed by atoms with Crippen molar-refractivity contribution >= 4 is 17.5 Å². The van der Waals surface area contributed by atoms with Gasteiger partial charge in [-0.2, -0.15) is 0 Å². The van der Waals surface area contributed by atoms with Gasteiger partial charge in [0.1, 0.15) is 11.6 Å². The molecule has 0 radical (unpaired) electrons. The minimum atomic E-state index is -0.933. The number of aryl methyl sites for hydroxylation is 2. The molecule has 2 rings (SSSR count). The summed E-state index contributed by atoms with van der Waals surface area (Å²) in [6.07, 6.45) is 0. The molecule has 0 saturated carbocycles. The van der Waals surface area contributed by atoms with Crippen molar-refractivity contribution in [3.63, 3.8) is 0 Å². The number of aromatic carboxylic acids is 1. The molecule has 1 aromatic heterocycles. The molecular weight excluding hydrogens is 266 g/mol. The van der Waals surface area contributed by atoms with Crippen LogP contribution in [0.4, 0.5) is 11.5 Å². The molecule has 5 heteroatoms. The number of nitrogens with one attached hydrogen (secondary N) is 1. The van der Waals surface area contributed by atoms with Gasteiger partial charge in [0, 0.05) is 23.4 Å². The maximum absolute atomic E-state index is 11.2. The highest BCUT2D eigenvalue weighted by molar-refractivity contribution is 5.90. The Morgan fingerprint density at radius 2 is 1.90 bits per heavy atom. The van der Waals surface area contributed by atoms with Crippen molar-refractivity contribution < 1.29 is 9.90 Å². The number of nitrogens with zero attached hydrogens (tertiary/aromatic N) is 2. The Hall–Kier alpha value is -2.43. The van der Waals surface area contributed by atoms with Crippen molar-refractivity contribution in [3.8, 4) is 0 Å². The van der Waals surface area contributed by atoms with E-state index >= 15 is 0 Å². The molecular formula is C16H19N3O2. The summed E-state index contributed by atoms with van der Waals surface area (Å²) in [5.41, 5.74) is 2.59. The Kier molecular flexibility index (Phi) is 4.21. The van der Waals surface area contributed by atoms with Crippen LogP contribution in [-0.2, 0) is 0 Å². The van der Waals surface area contributed by atoms with Gasteiger partial charge in [0.25, 0.3) is 0 Å². The summed E-state index contributed by atoms with van der Waals surface area (Å²) in [6.45, 7) is 7.76. The summed E-state index contributed by atoms with van der Waals surface area (Å²) in [7, 11) is 0. The number of anilines is 2. The van der Waals surface area contributed by atoms with Crippen LogP contribution in [0.3, 0.4) is 0 Å². The number of aromatic nitrogens is 2. The fraction of sp³-hybridized carbons (Fsp3) is 0.312. The average molecular weight is 285 g/mol. The molecule has 1 heterocycles. The fourth-order valence-electron chi connectivity index (χ4n) is 1.99. The minimum Gasteiger partial charge on any atom is -0.478 e. The first kappa shape index (κ1) is 15.0. The second-order valence-corrected chi connectivity index (χ2v) is 5.37. The molecule has 0 aliphatic heterocycles. The number of hydrogen-bond donors (Lipinski definition) is 2. The summed E-state index contributed by atoms with van der Waals surface area (Å²) in [6, 6.07) is 7.08. The zero-order chi connectivity index (χ0) is 15.6. The maximum atomic E-state index is 11.2. The van der Waals surface area contributed by atoms with Crippen LogP contribution in [0.25, 0.3) is 0 Å². The molecule has 1 aromatic carbocycles. The maximum Gasteiger partial charge on any atom is 0.336 e. The first-order valence-electron chi connectivity index (χ1n) is 6.83. The number of carbonyl (C=O) groups is 1. The third kappa shape index (κ3) is 3.56. The van der Waals surface area contributed by atoms with Crippen molar-refractivity contribution in [2.24, 2.45) is 0 Å². The van der Waals surface area contributed by atoms with E-state index < -0.39 is 5.97 Å². The summed E-state index contributed by atoms with van der Waals surface area (Å²) < 4.78 is 0. The van der Waals surface area contributed by atoms with Crippen molar-refractivity contribution in [1.82, 2.24) is 9.97 Å². The fourth-order valence-corrected chi connectivity index (χ4v) is 1.99. The highest BCUT2D eigenvalue weighted by Gasteiger charge is 2.10. The van der Waals surface area contributed by atoms with Crippen molar-refractivity contribution in [1.29, 1.82) is 0 Å². The molecule has 2 aromatic rings. The van der Waals surface area contributed by atoms with Gasteiger partial charge in [-0.3, -0.25) is 0 Å². The van der Waals surface area contributed by atoms with Crippen LogP contribution in [0.2, 0.25) is 0 Å². The molecule has 0 unspecified atom stereocenters.